The van der Waals surface area contributed by atoms with E-state index in [4.69, 9.17) is 15.2 Å². The first-order chi connectivity index (χ1) is 23.3. The molecule has 0 radical (unpaired) electrons. The second-order valence-electron chi connectivity index (χ2n) is 12.9. The van der Waals surface area contributed by atoms with Gasteiger partial charge >= 0.3 is 12.1 Å². The van der Waals surface area contributed by atoms with E-state index in [0.29, 0.717) is 28.1 Å². The first-order valence-electron chi connectivity index (χ1n) is 15.7. The van der Waals surface area contributed by atoms with Gasteiger partial charge in [-0.3, -0.25) is 14.0 Å². The maximum absolute atomic E-state index is 15.5. The number of ether oxygens (including phenoxy) is 2. The lowest BCUT2D eigenvalue weighted by Gasteiger charge is -2.22. The van der Waals surface area contributed by atoms with Crippen molar-refractivity contribution in [2.45, 2.75) is 64.7 Å². The third-order valence-electron chi connectivity index (χ3n) is 7.74. The molecule has 0 aliphatic heterocycles. The topological polar surface area (TPSA) is 181 Å². The van der Waals surface area contributed by atoms with Crippen LogP contribution in [0, 0.1) is 5.82 Å². The van der Waals surface area contributed by atoms with Crippen molar-refractivity contribution in [1.29, 1.82) is 0 Å². The van der Waals surface area contributed by atoms with Crippen molar-refractivity contribution in [2.75, 3.05) is 11.1 Å². The summed E-state index contributed by atoms with van der Waals surface area (Å²) in [7, 11) is 1.76. The van der Waals surface area contributed by atoms with Gasteiger partial charge in [-0.25, -0.2) is 14.0 Å². The molecule has 14 nitrogen and oxygen atoms in total. The van der Waals surface area contributed by atoms with Crippen LogP contribution in [0.1, 0.15) is 57.6 Å². The Morgan fingerprint density at radius 2 is 1.92 bits per heavy atom. The largest absolute Gasteiger partial charge is 0.459 e. The average Bonchev–Trinajstić information content (AvgIpc) is 3.80. The van der Waals surface area contributed by atoms with Crippen molar-refractivity contribution in [3.8, 4) is 17.1 Å². The number of amides is 1. The molecule has 49 heavy (non-hydrogen) atoms. The molecular weight excluding hydrogens is 633 g/mol. The lowest BCUT2D eigenvalue weighted by Crippen LogP contribution is -2.42. The summed E-state index contributed by atoms with van der Waals surface area (Å²) in [4.78, 5) is 52.4. The van der Waals surface area contributed by atoms with Crippen LogP contribution < -0.4 is 21.9 Å². The molecule has 3 aromatic heterocycles. The van der Waals surface area contributed by atoms with E-state index < -0.39 is 35.1 Å². The lowest BCUT2D eigenvalue weighted by atomic mass is 10.0. The molecule has 2 aromatic carbocycles. The third kappa shape index (κ3) is 7.50. The van der Waals surface area contributed by atoms with E-state index in [-0.39, 0.29) is 35.4 Å². The van der Waals surface area contributed by atoms with E-state index in [1.807, 2.05) is 6.07 Å². The fourth-order valence-electron chi connectivity index (χ4n) is 5.35. The fraction of sp³-hybridized carbons (Fsp3) is 0.324. The molecule has 1 fully saturated rings. The molecule has 15 heteroatoms. The molecule has 1 aliphatic rings. The number of nitrogens with zero attached hydrogens (tertiary/aromatic N) is 6. The van der Waals surface area contributed by atoms with Crippen molar-refractivity contribution < 1.29 is 23.5 Å². The van der Waals surface area contributed by atoms with Gasteiger partial charge in [0.15, 0.2) is 5.82 Å². The zero-order valence-corrected chi connectivity index (χ0v) is 27.7. The number of fused-ring (bicyclic) bond motifs is 1. The molecule has 0 saturated heterocycles. The van der Waals surface area contributed by atoms with Crippen LogP contribution in [0.4, 0.5) is 26.8 Å². The third-order valence-corrected chi connectivity index (χ3v) is 7.74. The summed E-state index contributed by atoms with van der Waals surface area (Å²) in [6.07, 6.45) is 6.04. The number of alkyl carbamates (subject to hydrolysis) is 1. The van der Waals surface area contributed by atoms with Crippen molar-refractivity contribution in [3.05, 3.63) is 82.3 Å². The number of anilines is 3. The Labute approximate surface area is 280 Å². The zero-order valence-electron chi connectivity index (χ0n) is 27.7. The highest BCUT2D eigenvalue weighted by Gasteiger charge is 2.27. The van der Waals surface area contributed by atoms with Crippen LogP contribution in [-0.4, -0.2) is 53.0 Å². The summed E-state index contributed by atoms with van der Waals surface area (Å²) in [6, 6.07) is 8.85. The van der Waals surface area contributed by atoms with Gasteiger partial charge in [0.1, 0.15) is 24.1 Å². The number of halogens is 1. The number of aromatic nitrogens is 6. The summed E-state index contributed by atoms with van der Waals surface area (Å²) >= 11 is 0. The van der Waals surface area contributed by atoms with Crippen molar-refractivity contribution >= 4 is 40.4 Å². The van der Waals surface area contributed by atoms with Gasteiger partial charge in [0.25, 0.3) is 5.56 Å². The highest BCUT2D eigenvalue weighted by Crippen LogP contribution is 2.41. The van der Waals surface area contributed by atoms with Crippen LogP contribution >= 0.6 is 0 Å². The predicted molar refractivity (Wildman–Crippen MR) is 180 cm³/mol. The van der Waals surface area contributed by atoms with Gasteiger partial charge in [-0.15, -0.1) is 0 Å². The highest BCUT2D eigenvalue weighted by atomic mass is 19.1. The van der Waals surface area contributed by atoms with Gasteiger partial charge in [-0.05, 0) is 75.6 Å². The number of pyridine rings is 1. The molecular formula is C34H36FN9O5. The van der Waals surface area contributed by atoms with E-state index in [2.05, 4.69) is 30.7 Å². The Hall–Kier alpha value is -5.86. The monoisotopic (exact) mass is 669 g/mol. The van der Waals surface area contributed by atoms with Gasteiger partial charge in [-0.1, -0.05) is 18.2 Å². The summed E-state index contributed by atoms with van der Waals surface area (Å²) in [6.45, 7) is 6.18. The summed E-state index contributed by atoms with van der Waals surface area (Å²) in [5, 5.41) is 10.0. The minimum Gasteiger partial charge on any atom is -0.459 e. The van der Waals surface area contributed by atoms with Gasteiger partial charge in [0.05, 0.1) is 23.0 Å². The Balaban J connectivity index is 1.41. The number of hydrogen-bond donors (Lipinski definition) is 3. The standard InChI is InChI=1S/C34H36FN9O5/c1-18(38-33(47)49-34(2,3)4)30(46)48-17-24-23(28-40-31(36)42-32(41-28)39-22-15-37-43(5)16-22)7-6-8-26(24)44-12-11-20-13-21(19-9-10-19)14-25(35)27(20)29(44)45/h6-8,11-16,18-19H,9-10,17H2,1-5H3,(H,38,47)(H3,36,39,40,41,42)/t18-/m0/s1. The molecule has 6 rings (SSSR count). The second-order valence-corrected chi connectivity index (χ2v) is 12.9. The molecule has 1 aliphatic carbocycles. The number of nitrogens with two attached hydrogens (primary N) is 1. The summed E-state index contributed by atoms with van der Waals surface area (Å²) < 4.78 is 29.3. The van der Waals surface area contributed by atoms with Crippen LogP contribution in [0.15, 0.2) is 59.8 Å². The Kier molecular flexibility index (Phi) is 8.75. The van der Waals surface area contributed by atoms with Crippen LogP contribution in [0.3, 0.4) is 0 Å². The number of nitrogen functional groups attached to an aromatic ring is 1. The number of rotatable bonds is 9. The smallest absolute Gasteiger partial charge is 0.408 e. The van der Waals surface area contributed by atoms with Gasteiger partial charge in [-0.2, -0.15) is 20.1 Å². The maximum atomic E-state index is 15.5. The van der Waals surface area contributed by atoms with Crippen LogP contribution in [0.5, 0.6) is 0 Å². The second kappa shape index (κ2) is 13.0. The van der Waals surface area contributed by atoms with Crippen molar-refractivity contribution in [1.82, 2.24) is 34.6 Å². The van der Waals surface area contributed by atoms with Gasteiger partial charge in [0.2, 0.25) is 11.9 Å². The first kappa shape index (κ1) is 33.1. The number of esters is 1. The van der Waals surface area contributed by atoms with Crippen LogP contribution in [-0.2, 0) is 27.9 Å². The minimum atomic E-state index is -1.08. The molecule has 1 saturated carbocycles. The average molecular weight is 670 g/mol. The molecule has 0 unspecified atom stereocenters. The van der Waals surface area contributed by atoms with Crippen molar-refractivity contribution in [2.24, 2.45) is 7.05 Å². The Bertz CT molecular complexity index is 2140. The first-order valence-corrected chi connectivity index (χ1v) is 15.7. The summed E-state index contributed by atoms with van der Waals surface area (Å²) in [5.74, 6) is -0.948. The maximum Gasteiger partial charge on any atom is 0.408 e. The van der Waals surface area contributed by atoms with Gasteiger partial charge in [0, 0.05) is 30.6 Å². The molecule has 5 aromatic rings. The number of carbonyl (C=O) groups is 2. The number of carbonyl (C=O) groups excluding carboxylic acids is 2. The van der Waals surface area contributed by atoms with E-state index in [1.165, 1.54) is 17.6 Å². The molecule has 4 N–H and O–H groups in total. The SMILES string of the molecule is C[C@H](NC(=O)OC(C)(C)C)C(=O)OCc1c(-c2nc(N)nc(Nc3cnn(C)c3)n2)cccc1-n1ccc2cc(C3CC3)cc(F)c2c1=O. The normalized spacial score (nSPS) is 13.6. The van der Waals surface area contributed by atoms with Crippen molar-refractivity contribution in [3.63, 3.8) is 0 Å². The predicted octanol–water partition coefficient (Wildman–Crippen LogP) is 4.87. The Morgan fingerprint density at radius 3 is 2.61 bits per heavy atom. The van der Waals surface area contributed by atoms with E-state index in [1.54, 1.807) is 75.4 Å². The lowest BCUT2D eigenvalue weighted by molar-refractivity contribution is -0.147. The number of nitrogens with one attached hydrogen (secondary N) is 2. The van der Waals surface area contributed by atoms with E-state index >= 15 is 4.39 Å². The quantitative estimate of drug-likeness (QED) is 0.182. The summed E-state index contributed by atoms with van der Waals surface area (Å²) in [5.41, 5.74) is 7.15. The molecule has 0 bridgehead atoms. The number of benzene rings is 2. The molecule has 254 valence electrons. The molecule has 1 atom stereocenters. The number of hydrogen-bond acceptors (Lipinski definition) is 11. The minimum absolute atomic E-state index is 0.0669. The van der Waals surface area contributed by atoms with Gasteiger partial charge < -0.3 is 25.8 Å². The molecule has 1 amide bonds. The zero-order chi connectivity index (χ0) is 35.0. The highest BCUT2D eigenvalue weighted by molar-refractivity contribution is 5.84. The molecule has 3 heterocycles. The molecule has 0 spiro atoms. The van der Waals surface area contributed by atoms with Crippen LogP contribution in [0.25, 0.3) is 27.8 Å². The van der Waals surface area contributed by atoms with Crippen LogP contribution in [0.2, 0.25) is 0 Å². The number of aryl methyl sites for hydroxylation is 1. The Morgan fingerprint density at radius 1 is 1.14 bits per heavy atom. The fourth-order valence-corrected chi connectivity index (χ4v) is 5.35. The van der Waals surface area contributed by atoms with E-state index in [0.717, 1.165) is 18.4 Å². The van der Waals surface area contributed by atoms with E-state index in [9.17, 15) is 14.4 Å².